The number of carbonyl (C=O) groups is 1. The zero-order valence-electron chi connectivity index (χ0n) is 17.6. The first-order chi connectivity index (χ1) is 15.5. The number of alkyl halides is 3. The molecule has 0 saturated carbocycles. The summed E-state index contributed by atoms with van der Waals surface area (Å²) in [5, 5.41) is 10.2. The number of carbonyl (C=O) groups excluding carboxylic acids is 1. The number of amides is 1. The Hall–Kier alpha value is -3.64. The number of ether oxygens (including phenoxy) is 1. The molecule has 0 radical (unpaired) electrons. The number of aromatic nitrogens is 4. The Morgan fingerprint density at radius 2 is 2.03 bits per heavy atom. The van der Waals surface area contributed by atoms with Crippen molar-refractivity contribution in [3.8, 4) is 11.4 Å². The zero-order valence-corrected chi connectivity index (χ0v) is 17.6. The number of benzene rings is 1. The summed E-state index contributed by atoms with van der Waals surface area (Å²) in [7, 11) is 0. The van der Waals surface area contributed by atoms with Gasteiger partial charge in [-0.1, -0.05) is 5.16 Å². The van der Waals surface area contributed by atoms with Crippen LogP contribution in [0.2, 0.25) is 0 Å². The molecule has 0 saturated heterocycles. The molecule has 0 fully saturated rings. The number of anilines is 1. The summed E-state index contributed by atoms with van der Waals surface area (Å²) >= 11 is 0. The Morgan fingerprint density at radius 1 is 1.27 bits per heavy atom. The van der Waals surface area contributed by atoms with E-state index in [1.54, 1.807) is 6.92 Å². The van der Waals surface area contributed by atoms with Gasteiger partial charge in [0.25, 0.3) is 5.91 Å². The van der Waals surface area contributed by atoms with Crippen LogP contribution in [0.4, 0.5) is 23.2 Å². The van der Waals surface area contributed by atoms with Gasteiger partial charge in [-0.05, 0) is 32.8 Å². The van der Waals surface area contributed by atoms with Gasteiger partial charge in [-0.25, -0.2) is 9.18 Å². The van der Waals surface area contributed by atoms with Gasteiger partial charge in [0.2, 0.25) is 0 Å². The van der Waals surface area contributed by atoms with E-state index in [-0.39, 0.29) is 11.4 Å². The first-order valence-electron chi connectivity index (χ1n) is 10.0. The Labute approximate surface area is 183 Å². The molecular weight excluding hydrogens is 450 g/mol. The minimum atomic E-state index is -4.71. The summed E-state index contributed by atoms with van der Waals surface area (Å²) in [5.74, 6) is -1.83. The number of aryl methyl sites for hydroxylation is 3. The Balaban J connectivity index is 1.77. The lowest BCUT2D eigenvalue weighted by atomic mass is 10.1. The van der Waals surface area contributed by atoms with E-state index in [0.29, 0.717) is 30.6 Å². The number of hydrogen-bond acceptors (Lipinski definition) is 6. The molecule has 176 valence electrons. The Morgan fingerprint density at radius 3 is 2.67 bits per heavy atom. The molecule has 0 bridgehead atoms. The summed E-state index contributed by atoms with van der Waals surface area (Å²) in [4.78, 5) is 25.5. The number of rotatable bonds is 5. The van der Waals surface area contributed by atoms with Crippen molar-refractivity contribution in [2.24, 2.45) is 0 Å². The predicted molar refractivity (Wildman–Crippen MR) is 106 cm³/mol. The lowest BCUT2D eigenvalue weighted by Gasteiger charge is -2.15. The van der Waals surface area contributed by atoms with Crippen LogP contribution in [0, 0.1) is 19.7 Å². The SMILES string of the molecule is Cc1noc(C)c1NC(=O)c1cc(F)c(-n2nc3n(c2=O)CCCC3)cc1OCC(F)(F)F. The van der Waals surface area contributed by atoms with Crippen molar-refractivity contribution in [1.82, 2.24) is 19.5 Å². The smallest absolute Gasteiger partial charge is 0.422 e. The summed E-state index contributed by atoms with van der Waals surface area (Å²) < 4.78 is 65.4. The quantitative estimate of drug-likeness (QED) is 0.575. The van der Waals surface area contributed by atoms with Gasteiger partial charge in [0, 0.05) is 19.0 Å². The van der Waals surface area contributed by atoms with Crippen LogP contribution in [0.25, 0.3) is 5.69 Å². The summed E-state index contributed by atoms with van der Waals surface area (Å²) in [6.45, 7) is 1.75. The standard InChI is InChI=1S/C20H19F4N5O4/c1-10-17(11(2)33-27-10)25-18(30)12-7-13(21)14(8-15(12)32-9-20(22,23)24)29-19(31)28-6-4-3-5-16(28)26-29/h7-8H,3-6,9H2,1-2H3,(H,25,30). The molecule has 1 aromatic carbocycles. The highest BCUT2D eigenvalue weighted by molar-refractivity contribution is 6.06. The average Bonchev–Trinajstić information content (AvgIpc) is 3.26. The molecule has 4 rings (SSSR count). The average molecular weight is 469 g/mol. The van der Waals surface area contributed by atoms with E-state index >= 15 is 4.39 Å². The molecule has 0 spiro atoms. The second-order valence-corrected chi connectivity index (χ2v) is 7.58. The van der Waals surface area contributed by atoms with Crippen LogP contribution < -0.4 is 15.7 Å². The molecular formula is C20H19F4N5O4. The van der Waals surface area contributed by atoms with Gasteiger partial charge in [0.1, 0.15) is 34.5 Å². The van der Waals surface area contributed by atoms with Crippen LogP contribution in [0.1, 0.15) is 40.5 Å². The molecule has 1 aliphatic heterocycles. The maximum atomic E-state index is 15.0. The fraction of sp³-hybridized carbons (Fsp3) is 0.400. The first-order valence-corrected chi connectivity index (χ1v) is 10.0. The number of nitrogens with zero attached hydrogens (tertiary/aromatic N) is 4. The third-order valence-electron chi connectivity index (χ3n) is 5.16. The van der Waals surface area contributed by atoms with Gasteiger partial charge in [0.15, 0.2) is 12.4 Å². The lowest BCUT2D eigenvalue weighted by molar-refractivity contribution is -0.153. The zero-order chi connectivity index (χ0) is 23.9. The number of halogens is 4. The first kappa shape index (κ1) is 22.6. The molecule has 2 aromatic heterocycles. The van der Waals surface area contributed by atoms with Gasteiger partial charge in [-0.2, -0.15) is 17.9 Å². The van der Waals surface area contributed by atoms with Crippen molar-refractivity contribution < 1.29 is 31.6 Å². The largest absolute Gasteiger partial charge is 0.483 e. The molecule has 1 N–H and O–H groups in total. The van der Waals surface area contributed by atoms with Crippen LogP contribution in [-0.2, 0) is 13.0 Å². The van der Waals surface area contributed by atoms with E-state index in [2.05, 4.69) is 15.6 Å². The summed E-state index contributed by atoms with van der Waals surface area (Å²) in [5.41, 5.74) is -1.03. The fourth-order valence-corrected chi connectivity index (χ4v) is 3.56. The van der Waals surface area contributed by atoms with Gasteiger partial charge in [-0.15, -0.1) is 5.10 Å². The van der Waals surface area contributed by atoms with Crippen molar-refractivity contribution in [2.75, 3.05) is 11.9 Å². The fourth-order valence-electron chi connectivity index (χ4n) is 3.56. The van der Waals surface area contributed by atoms with E-state index in [9.17, 15) is 22.8 Å². The lowest BCUT2D eigenvalue weighted by Crippen LogP contribution is -2.27. The number of hydrogen-bond donors (Lipinski definition) is 1. The van der Waals surface area contributed by atoms with Crippen molar-refractivity contribution in [2.45, 2.75) is 45.8 Å². The molecule has 1 amide bonds. The minimum absolute atomic E-state index is 0.198. The molecule has 13 heteroatoms. The third-order valence-corrected chi connectivity index (χ3v) is 5.16. The van der Waals surface area contributed by atoms with Crippen molar-refractivity contribution in [1.29, 1.82) is 0 Å². The topological polar surface area (TPSA) is 104 Å². The van der Waals surface area contributed by atoms with E-state index in [4.69, 9.17) is 9.26 Å². The van der Waals surface area contributed by atoms with Gasteiger partial charge < -0.3 is 14.6 Å². The molecule has 0 unspecified atom stereocenters. The second kappa shape index (κ2) is 8.37. The summed E-state index contributed by atoms with van der Waals surface area (Å²) in [6, 6.07) is 1.57. The summed E-state index contributed by atoms with van der Waals surface area (Å²) in [6.07, 6.45) is -2.64. The van der Waals surface area contributed by atoms with E-state index in [1.807, 2.05) is 0 Å². The monoisotopic (exact) mass is 469 g/mol. The third kappa shape index (κ3) is 4.47. The van der Waals surface area contributed by atoms with E-state index in [1.165, 1.54) is 11.5 Å². The predicted octanol–water partition coefficient (Wildman–Crippen LogP) is 3.31. The van der Waals surface area contributed by atoms with Crippen molar-refractivity contribution >= 4 is 11.6 Å². The number of nitrogens with one attached hydrogen (secondary N) is 1. The van der Waals surface area contributed by atoms with E-state index < -0.39 is 47.2 Å². The minimum Gasteiger partial charge on any atom is -0.483 e. The normalized spacial score (nSPS) is 13.6. The highest BCUT2D eigenvalue weighted by Gasteiger charge is 2.31. The molecule has 9 nitrogen and oxygen atoms in total. The molecule has 3 heterocycles. The van der Waals surface area contributed by atoms with Crippen LogP contribution in [0.5, 0.6) is 5.75 Å². The molecule has 3 aromatic rings. The van der Waals surface area contributed by atoms with Crippen molar-refractivity contribution in [3.05, 3.63) is 51.3 Å². The number of fused-ring (bicyclic) bond motifs is 1. The highest BCUT2D eigenvalue weighted by atomic mass is 19.4. The van der Waals surface area contributed by atoms with Crippen LogP contribution >= 0.6 is 0 Å². The highest BCUT2D eigenvalue weighted by Crippen LogP contribution is 2.29. The van der Waals surface area contributed by atoms with Crippen molar-refractivity contribution in [3.63, 3.8) is 0 Å². The van der Waals surface area contributed by atoms with Crippen LogP contribution in [0.15, 0.2) is 21.5 Å². The van der Waals surface area contributed by atoms with Gasteiger partial charge in [-0.3, -0.25) is 9.36 Å². The molecule has 0 atom stereocenters. The van der Waals surface area contributed by atoms with Crippen LogP contribution in [0.3, 0.4) is 0 Å². The maximum Gasteiger partial charge on any atom is 0.422 e. The van der Waals surface area contributed by atoms with E-state index in [0.717, 1.165) is 23.6 Å². The van der Waals surface area contributed by atoms with Gasteiger partial charge >= 0.3 is 11.9 Å². The Bertz CT molecular complexity index is 1260. The van der Waals surface area contributed by atoms with Gasteiger partial charge in [0.05, 0.1) is 5.56 Å². The molecule has 1 aliphatic rings. The van der Waals surface area contributed by atoms with Crippen LogP contribution in [-0.4, -0.2) is 38.2 Å². The molecule has 33 heavy (non-hydrogen) atoms. The Kier molecular flexibility index (Phi) is 5.72. The second-order valence-electron chi connectivity index (χ2n) is 7.58. The molecule has 0 aliphatic carbocycles. The maximum absolute atomic E-state index is 15.0.